The molecule has 4 N–H and O–H groups in total. The number of H-pyrrole nitrogens is 1. The fraction of sp³-hybridized carbons (Fsp3) is 0.241. The SMILES string of the molecule is NC(=O)OC[C@@H]1C[C@@H](CNC(=O)c2[nH]c3ccccc3c2-c2ccc(F)cc2)N(Cc2ccccc2)C1. The number of carbonyl (C=O) groups excluding carboxylic acids is 2. The number of aromatic amines is 1. The van der Waals surface area contributed by atoms with Crippen LogP contribution >= 0.6 is 0 Å². The van der Waals surface area contributed by atoms with Crippen molar-refractivity contribution >= 4 is 22.9 Å². The Balaban J connectivity index is 1.35. The summed E-state index contributed by atoms with van der Waals surface area (Å²) < 4.78 is 18.7. The van der Waals surface area contributed by atoms with Gasteiger partial charge in [0, 0.05) is 48.1 Å². The van der Waals surface area contributed by atoms with Gasteiger partial charge in [-0.05, 0) is 35.7 Å². The first-order chi connectivity index (χ1) is 18.0. The van der Waals surface area contributed by atoms with Gasteiger partial charge < -0.3 is 20.8 Å². The minimum Gasteiger partial charge on any atom is -0.449 e. The van der Waals surface area contributed by atoms with Crippen molar-refractivity contribution < 1.29 is 18.7 Å². The largest absolute Gasteiger partial charge is 0.449 e. The van der Waals surface area contributed by atoms with Crippen molar-refractivity contribution in [2.24, 2.45) is 11.7 Å². The molecule has 1 aromatic heterocycles. The molecule has 0 spiro atoms. The van der Waals surface area contributed by atoms with E-state index in [4.69, 9.17) is 10.5 Å². The van der Waals surface area contributed by atoms with E-state index in [9.17, 15) is 14.0 Å². The number of hydrogen-bond acceptors (Lipinski definition) is 4. The summed E-state index contributed by atoms with van der Waals surface area (Å²) >= 11 is 0. The van der Waals surface area contributed by atoms with E-state index in [1.165, 1.54) is 17.7 Å². The zero-order valence-electron chi connectivity index (χ0n) is 20.3. The Labute approximate surface area is 214 Å². The van der Waals surface area contributed by atoms with Gasteiger partial charge in [-0.3, -0.25) is 9.69 Å². The topological polar surface area (TPSA) is 100 Å². The van der Waals surface area contributed by atoms with E-state index < -0.39 is 6.09 Å². The van der Waals surface area contributed by atoms with Gasteiger partial charge in [0.15, 0.2) is 0 Å². The maximum Gasteiger partial charge on any atom is 0.404 e. The van der Waals surface area contributed by atoms with Gasteiger partial charge in [-0.1, -0.05) is 60.7 Å². The highest BCUT2D eigenvalue weighted by molar-refractivity contribution is 6.09. The summed E-state index contributed by atoms with van der Waals surface area (Å²) in [5.41, 5.74) is 9.12. The Bertz CT molecular complexity index is 1390. The molecule has 5 rings (SSSR count). The first-order valence-electron chi connectivity index (χ1n) is 12.3. The number of para-hydroxylation sites is 1. The van der Waals surface area contributed by atoms with Gasteiger partial charge in [0.05, 0.1) is 6.61 Å². The molecule has 3 aromatic carbocycles. The first kappa shape index (κ1) is 24.5. The molecule has 1 aliphatic rings. The predicted octanol–water partition coefficient (Wildman–Crippen LogP) is 4.69. The second kappa shape index (κ2) is 10.8. The van der Waals surface area contributed by atoms with Gasteiger partial charge in [-0.25, -0.2) is 9.18 Å². The lowest BCUT2D eigenvalue weighted by atomic mass is 10.0. The van der Waals surface area contributed by atoms with Gasteiger partial charge in [0.1, 0.15) is 11.5 Å². The highest BCUT2D eigenvalue weighted by Crippen LogP contribution is 2.33. The molecule has 2 amide bonds. The van der Waals surface area contributed by atoms with Crippen LogP contribution < -0.4 is 11.1 Å². The number of aromatic nitrogens is 1. The van der Waals surface area contributed by atoms with Crippen LogP contribution in [0.25, 0.3) is 22.0 Å². The number of primary amides is 1. The highest BCUT2D eigenvalue weighted by atomic mass is 19.1. The average Bonchev–Trinajstić information content (AvgIpc) is 3.48. The number of carbonyl (C=O) groups is 2. The van der Waals surface area contributed by atoms with Gasteiger partial charge in [-0.15, -0.1) is 0 Å². The lowest BCUT2D eigenvalue weighted by Crippen LogP contribution is -2.40. The van der Waals surface area contributed by atoms with Crippen LogP contribution in [-0.4, -0.2) is 47.6 Å². The van der Waals surface area contributed by atoms with Gasteiger partial charge in [0.25, 0.3) is 5.91 Å². The molecule has 2 heterocycles. The van der Waals surface area contributed by atoms with E-state index in [0.29, 0.717) is 12.2 Å². The maximum absolute atomic E-state index is 13.6. The summed E-state index contributed by atoms with van der Waals surface area (Å²) in [5.74, 6) is -0.433. The number of hydrogen-bond donors (Lipinski definition) is 3. The van der Waals surface area contributed by atoms with E-state index in [0.717, 1.165) is 41.5 Å². The molecule has 0 radical (unpaired) electrons. The molecule has 7 nitrogen and oxygen atoms in total. The lowest BCUT2D eigenvalue weighted by Gasteiger charge is -2.24. The minimum absolute atomic E-state index is 0.0595. The molecule has 1 aliphatic heterocycles. The summed E-state index contributed by atoms with van der Waals surface area (Å²) in [5, 5.41) is 4.00. The number of nitrogens with zero attached hydrogens (tertiary/aromatic N) is 1. The summed E-state index contributed by atoms with van der Waals surface area (Å²) in [6.45, 7) is 2.14. The number of fused-ring (bicyclic) bond motifs is 1. The third-order valence-electron chi connectivity index (χ3n) is 6.87. The number of rotatable bonds is 8. The molecule has 8 heteroatoms. The molecule has 2 atom stereocenters. The van der Waals surface area contributed by atoms with Crippen molar-refractivity contribution in [2.45, 2.75) is 19.0 Å². The fourth-order valence-electron chi connectivity index (χ4n) is 5.16. The first-order valence-corrected chi connectivity index (χ1v) is 12.3. The fourth-order valence-corrected chi connectivity index (χ4v) is 5.16. The van der Waals surface area contributed by atoms with Crippen molar-refractivity contribution in [3.05, 3.63) is 95.9 Å². The Hall–Kier alpha value is -4.17. The Morgan fingerprint density at radius 2 is 1.76 bits per heavy atom. The predicted molar refractivity (Wildman–Crippen MR) is 140 cm³/mol. The Kier molecular flexibility index (Phi) is 7.18. The van der Waals surface area contributed by atoms with E-state index in [1.54, 1.807) is 12.1 Å². The van der Waals surface area contributed by atoms with E-state index in [1.807, 2.05) is 42.5 Å². The quantitative estimate of drug-likeness (QED) is 0.327. The van der Waals surface area contributed by atoms with Crippen LogP contribution in [-0.2, 0) is 11.3 Å². The lowest BCUT2D eigenvalue weighted by molar-refractivity contribution is 0.0936. The molecule has 37 heavy (non-hydrogen) atoms. The Morgan fingerprint density at radius 1 is 1.03 bits per heavy atom. The number of amides is 2. The number of ether oxygens (including phenoxy) is 1. The summed E-state index contributed by atoms with van der Waals surface area (Å²) in [6, 6.07) is 24.0. The van der Waals surface area contributed by atoms with E-state index in [-0.39, 0.29) is 30.3 Å². The van der Waals surface area contributed by atoms with Crippen LogP contribution in [0.2, 0.25) is 0 Å². The summed E-state index contributed by atoms with van der Waals surface area (Å²) in [6.07, 6.45) is -0.0174. The van der Waals surface area contributed by atoms with Crippen molar-refractivity contribution in [1.82, 2.24) is 15.2 Å². The number of nitrogens with one attached hydrogen (secondary N) is 2. The van der Waals surface area contributed by atoms with E-state index >= 15 is 0 Å². The second-order valence-electron chi connectivity index (χ2n) is 9.44. The highest BCUT2D eigenvalue weighted by Gasteiger charge is 2.33. The van der Waals surface area contributed by atoms with Crippen molar-refractivity contribution in [2.75, 3.05) is 19.7 Å². The Morgan fingerprint density at radius 3 is 2.51 bits per heavy atom. The zero-order chi connectivity index (χ0) is 25.8. The van der Waals surface area contributed by atoms with Crippen molar-refractivity contribution in [3.63, 3.8) is 0 Å². The second-order valence-corrected chi connectivity index (χ2v) is 9.44. The molecule has 190 valence electrons. The van der Waals surface area contributed by atoms with Gasteiger partial charge >= 0.3 is 6.09 Å². The monoisotopic (exact) mass is 500 g/mol. The standard InChI is InChI=1S/C29H29FN4O3/c30-22-12-10-21(11-13-22)26-24-8-4-5-9-25(24)33-27(26)28(35)32-15-23-14-20(18-37-29(31)36)17-34(23)16-19-6-2-1-3-7-19/h1-13,20,23,33H,14-18H2,(H2,31,36)(H,32,35)/t20-,23+/m1/s1. The minimum atomic E-state index is -0.779. The number of likely N-dealkylation sites (tertiary alicyclic amines) is 1. The van der Waals surface area contributed by atoms with E-state index in [2.05, 4.69) is 27.3 Å². The van der Waals surface area contributed by atoms with Crippen LogP contribution in [0.1, 0.15) is 22.5 Å². The molecular weight excluding hydrogens is 471 g/mol. The van der Waals surface area contributed by atoms with Crippen molar-refractivity contribution in [1.29, 1.82) is 0 Å². The van der Waals surface area contributed by atoms with Crippen LogP contribution in [0.4, 0.5) is 9.18 Å². The number of nitrogens with two attached hydrogens (primary N) is 1. The van der Waals surface area contributed by atoms with Crippen LogP contribution in [0, 0.1) is 11.7 Å². The molecule has 0 unspecified atom stereocenters. The molecule has 0 bridgehead atoms. The molecule has 1 fully saturated rings. The number of benzene rings is 3. The van der Waals surface area contributed by atoms with Crippen LogP contribution in [0.3, 0.4) is 0 Å². The maximum atomic E-state index is 13.6. The van der Waals surface area contributed by atoms with Crippen LogP contribution in [0.5, 0.6) is 0 Å². The average molecular weight is 501 g/mol. The zero-order valence-corrected chi connectivity index (χ0v) is 20.3. The number of halogens is 1. The molecular formula is C29H29FN4O3. The smallest absolute Gasteiger partial charge is 0.404 e. The van der Waals surface area contributed by atoms with Gasteiger partial charge in [-0.2, -0.15) is 0 Å². The van der Waals surface area contributed by atoms with Crippen molar-refractivity contribution in [3.8, 4) is 11.1 Å². The third-order valence-corrected chi connectivity index (χ3v) is 6.87. The van der Waals surface area contributed by atoms with Gasteiger partial charge in [0.2, 0.25) is 0 Å². The molecule has 1 saturated heterocycles. The molecule has 0 aliphatic carbocycles. The third kappa shape index (κ3) is 5.65. The molecule has 0 saturated carbocycles. The summed E-state index contributed by atoms with van der Waals surface area (Å²) in [4.78, 5) is 30.2. The summed E-state index contributed by atoms with van der Waals surface area (Å²) in [7, 11) is 0. The normalized spacial score (nSPS) is 17.6. The molecule has 4 aromatic rings. The van der Waals surface area contributed by atoms with Crippen LogP contribution in [0.15, 0.2) is 78.9 Å².